The van der Waals surface area contributed by atoms with E-state index in [-0.39, 0.29) is 0 Å². The number of hydrogen-bond acceptors (Lipinski definition) is 2. The SMILES string of the molecule is Cc1nc2ccc(CC(F)(F)F)cc2s1. The van der Waals surface area contributed by atoms with Gasteiger partial charge in [0.2, 0.25) is 0 Å². The van der Waals surface area contributed by atoms with Crippen LogP contribution >= 0.6 is 11.3 Å². The Morgan fingerprint density at radius 3 is 2.73 bits per heavy atom. The van der Waals surface area contributed by atoms with Crippen LogP contribution in [0.4, 0.5) is 13.2 Å². The van der Waals surface area contributed by atoms with Crippen molar-refractivity contribution in [1.82, 2.24) is 4.98 Å². The van der Waals surface area contributed by atoms with Crippen LogP contribution in [0, 0.1) is 6.92 Å². The molecule has 2 rings (SSSR count). The molecule has 0 amide bonds. The van der Waals surface area contributed by atoms with Crippen LogP contribution < -0.4 is 0 Å². The van der Waals surface area contributed by atoms with Crippen LogP contribution in [0.25, 0.3) is 10.2 Å². The van der Waals surface area contributed by atoms with Crippen molar-refractivity contribution in [2.24, 2.45) is 0 Å². The molecule has 15 heavy (non-hydrogen) atoms. The molecular formula is C10H8F3NS. The normalized spacial score (nSPS) is 12.3. The Morgan fingerprint density at radius 2 is 2.07 bits per heavy atom. The number of thiazole rings is 1. The van der Waals surface area contributed by atoms with Gasteiger partial charge in [0.1, 0.15) is 0 Å². The maximum Gasteiger partial charge on any atom is 0.393 e. The number of alkyl halides is 3. The topological polar surface area (TPSA) is 12.9 Å². The molecule has 0 aliphatic rings. The summed E-state index contributed by atoms with van der Waals surface area (Å²) in [6.45, 7) is 1.84. The molecule has 1 nitrogen and oxygen atoms in total. The minimum absolute atomic E-state index is 0.290. The Hall–Kier alpha value is -1.10. The summed E-state index contributed by atoms with van der Waals surface area (Å²) in [5, 5.41) is 0.870. The molecule has 0 saturated carbocycles. The van der Waals surface area contributed by atoms with E-state index in [1.807, 2.05) is 6.92 Å². The predicted molar refractivity (Wildman–Crippen MR) is 54.1 cm³/mol. The monoisotopic (exact) mass is 231 g/mol. The van der Waals surface area contributed by atoms with E-state index in [0.29, 0.717) is 5.56 Å². The van der Waals surface area contributed by atoms with Crippen molar-refractivity contribution in [1.29, 1.82) is 0 Å². The van der Waals surface area contributed by atoms with E-state index in [1.165, 1.54) is 17.4 Å². The van der Waals surface area contributed by atoms with Crippen LogP contribution in [0.5, 0.6) is 0 Å². The Kier molecular flexibility index (Phi) is 2.42. The van der Waals surface area contributed by atoms with Crippen LogP contribution in [0.3, 0.4) is 0 Å². The van der Waals surface area contributed by atoms with Gasteiger partial charge in [0, 0.05) is 0 Å². The Labute approximate surface area is 88.6 Å². The maximum atomic E-state index is 12.1. The fourth-order valence-electron chi connectivity index (χ4n) is 1.43. The quantitative estimate of drug-likeness (QED) is 0.729. The number of nitrogens with zero attached hydrogens (tertiary/aromatic N) is 1. The lowest BCUT2D eigenvalue weighted by Gasteiger charge is -2.05. The summed E-state index contributed by atoms with van der Waals surface area (Å²) in [6, 6.07) is 4.68. The van der Waals surface area contributed by atoms with Gasteiger partial charge in [-0.15, -0.1) is 11.3 Å². The molecule has 5 heteroatoms. The lowest BCUT2D eigenvalue weighted by molar-refractivity contribution is -0.127. The number of hydrogen-bond donors (Lipinski definition) is 0. The van der Waals surface area contributed by atoms with E-state index in [4.69, 9.17) is 0 Å². The summed E-state index contributed by atoms with van der Waals surface area (Å²) < 4.78 is 37.2. The second kappa shape index (κ2) is 3.48. The zero-order chi connectivity index (χ0) is 11.1. The van der Waals surface area contributed by atoms with Gasteiger partial charge in [0.25, 0.3) is 0 Å². The fourth-order valence-corrected chi connectivity index (χ4v) is 2.32. The molecule has 0 aliphatic heterocycles. The maximum absolute atomic E-state index is 12.1. The van der Waals surface area contributed by atoms with Crippen molar-refractivity contribution in [3.63, 3.8) is 0 Å². The number of benzene rings is 1. The van der Waals surface area contributed by atoms with E-state index < -0.39 is 12.6 Å². The van der Waals surface area contributed by atoms with Crippen LogP contribution in [-0.2, 0) is 6.42 Å². The van der Waals surface area contributed by atoms with E-state index in [1.54, 1.807) is 12.1 Å². The van der Waals surface area contributed by atoms with Crippen molar-refractivity contribution in [3.8, 4) is 0 Å². The molecule has 0 radical (unpaired) electrons. The highest BCUT2D eigenvalue weighted by atomic mass is 32.1. The third kappa shape index (κ3) is 2.47. The minimum Gasteiger partial charge on any atom is -0.242 e. The fraction of sp³-hybridized carbons (Fsp3) is 0.300. The third-order valence-electron chi connectivity index (χ3n) is 1.96. The molecule has 1 heterocycles. The summed E-state index contributed by atoms with van der Waals surface area (Å²) in [7, 11) is 0. The second-order valence-electron chi connectivity index (χ2n) is 3.33. The van der Waals surface area contributed by atoms with Crippen molar-refractivity contribution < 1.29 is 13.2 Å². The number of rotatable bonds is 1. The van der Waals surface area contributed by atoms with Gasteiger partial charge in [0.15, 0.2) is 0 Å². The number of fused-ring (bicyclic) bond motifs is 1. The first-order valence-electron chi connectivity index (χ1n) is 4.37. The van der Waals surface area contributed by atoms with E-state index >= 15 is 0 Å². The average molecular weight is 231 g/mol. The van der Waals surface area contributed by atoms with Gasteiger partial charge in [-0.3, -0.25) is 0 Å². The smallest absolute Gasteiger partial charge is 0.242 e. The van der Waals surface area contributed by atoms with Gasteiger partial charge in [-0.1, -0.05) is 6.07 Å². The van der Waals surface area contributed by atoms with Gasteiger partial charge >= 0.3 is 6.18 Å². The Balaban J connectivity index is 2.38. The highest BCUT2D eigenvalue weighted by molar-refractivity contribution is 7.18. The lowest BCUT2D eigenvalue weighted by Crippen LogP contribution is -2.11. The Morgan fingerprint density at radius 1 is 1.33 bits per heavy atom. The zero-order valence-electron chi connectivity index (χ0n) is 7.93. The summed E-state index contributed by atoms with van der Waals surface area (Å²) >= 11 is 1.41. The summed E-state index contributed by atoms with van der Waals surface area (Å²) in [6.07, 6.45) is -5.02. The van der Waals surface area contributed by atoms with Gasteiger partial charge < -0.3 is 0 Å². The van der Waals surface area contributed by atoms with E-state index in [9.17, 15) is 13.2 Å². The molecule has 0 bridgehead atoms. The first-order chi connectivity index (χ1) is 6.94. The molecule has 0 aliphatic carbocycles. The summed E-state index contributed by atoms with van der Waals surface area (Å²) in [4.78, 5) is 4.19. The molecule has 0 N–H and O–H groups in total. The average Bonchev–Trinajstić information content (AvgIpc) is 2.40. The molecule has 1 aromatic carbocycles. The largest absolute Gasteiger partial charge is 0.393 e. The molecule has 80 valence electrons. The molecule has 1 aromatic heterocycles. The lowest BCUT2D eigenvalue weighted by atomic mass is 10.1. The first kappa shape index (κ1) is 10.4. The predicted octanol–water partition coefficient (Wildman–Crippen LogP) is 3.71. The molecular weight excluding hydrogens is 223 g/mol. The van der Waals surface area contributed by atoms with Crippen LogP contribution in [0.15, 0.2) is 18.2 Å². The molecule has 2 aromatic rings. The highest BCUT2D eigenvalue weighted by Gasteiger charge is 2.27. The number of halogens is 3. The number of aryl methyl sites for hydroxylation is 1. The molecule has 0 saturated heterocycles. The van der Waals surface area contributed by atoms with Gasteiger partial charge in [0.05, 0.1) is 21.6 Å². The van der Waals surface area contributed by atoms with Crippen molar-refractivity contribution in [2.45, 2.75) is 19.5 Å². The standard InChI is InChI=1S/C10H8F3NS/c1-6-14-8-3-2-7(4-9(8)15-6)5-10(11,12)13/h2-4H,5H2,1H3. The van der Waals surface area contributed by atoms with E-state index in [0.717, 1.165) is 15.2 Å². The van der Waals surface area contributed by atoms with Crippen molar-refractivity contribution in [3.05, 3.63) is 28.8 Å². The molecule has 0 atom stereocenters. The number of aromatic nitrogens is 1. The summed E-state index contributed by atoms with van der Waals surface area (Å²) in [5.74, 6) is 0. The van der Waals surface area contributed by atoms with Gasteiger partial charge in [-0.2, -0.15) is 13.2 Å². The van der Waals surface area contributed by atoms with Crippen LogP contribution in [0.1, 0.15) is 10.6 Å². The van der Waals surface area contributed by atoms with Gasteiger partial charge in [-0.25, -0.2) is 4.98 Å². The zero-order valence-corrected chi connectivity index (χ0v) is 8.75. The van der Waals surface area contributed by atoms with Crippen LogP contribution in [-0.4, -0.2) is 11.2 Å². The molecule has 0 fully saturated rings. The molecule has 0 spiro atoms. The van der Waals surface area contributed by atoms with Crippen molar-refractivity contribution >= 4 is 21.6 Å². The Bertz CT molecular complexity index is 487. The van der Waals surface area contributed by atoms with Gasteiger partial charge in [-0.05, 0) is 24.6 Å². The molecule has 0 unspecified atom stereocenters. The highest BCUT2D eigenvalue weighted by Crippen LogP contribution is 2.26. The summed E-state index contributed by atoms with van der Waals surface area (Å²) in [5.41, 5.74) is 1.06. The first-order valence-corrected chi connectivity index (χ1v) is 5.18. The van der Waals surface area contributed by atoms with Crippen molar-refractivity contribution in [2.75, 3.05) is 0 Å². The minimum atomic E-state index is -4.15. The van der Waals surface area contributed by atoms with Crippen LogP contribution in [0.2, 0.25) is 0 Å². The van der Waals surface area contributed by atoms with E-state index in [2.05, 4.69) is 4.98 Å². The second-order valence-corrected chi connectivity index (χ2v) is 4.56. The third-order valence-corrected chi connectivity index (χ3v) is 2.90.